The first-order chi connectivity index (χ1) is 10.2. The maximum absolute atomic E-state index is 12.8. The first-order valence-electron chi connectivity index (χ1n) is 8.38. The van der Waals surface area contributed by atoms with Crippen molar-refractivity contribution in [2.45, 2.75) is 79.3 Å². The van der Waals surface area contributed by atoms with Gasteiger partial charge in [-0.2, -0.15) is 0 Å². The molecule has 1 N–H and O–H groups in total. The smallest absolute Gasteiger partial charge is 0.320 e. The molecule has 0 aliphatic heterocycles. The summed E-state index contributed by atoms with van der Waals surface area (Å²) < 4.78 is 0. The van der Waals surface area contributed by atoms with Crippen molar-refractivity contribution in [3.05, 3.63) is 29.3 Å². The number of benzene rings is 1. The van der Waals surface area contributed by atoms with Gasteiger partial charge in [-0.05, 0) is 50.7 Å². The molecular weight excluding hydrogens is 272 g/mol. The highest BCUT2D eigenvalue weighted by Gasteiger charge is 2.23. The van der Waals surface area contributed by atoms with Gasteiger partial charge in [0.05, 0.1) is 0 Å². The molecule has 0 heterocycles. The van der Waals surface area contributed by atoms with Crippen molar-refractivity contribution < 1.29 is 4.79 Å². The Morgan fingerprint density at radius 2 is 1.27 bits per heavy atom. The van der Waals surface area contributed by atoms with E-state index in [2.05, 4.69) is 78.9 Å². The molecule has 0 aliphatic carbocycles. The van der Waals surface area contributed by atoms with E-state index in [9.17, 15) is 4.79 Å². The Morgan fingerprint density at radius 1 is 0.864 bits per heavy atom. The van der Waals surface area contributed by atoms with Crippen LogP contribution in [0.1, 0.15) is 78.4 Å². The molecule has 0 fully saturated rings. The maximum Gasteiger partial charge on any atom is 0.322 e. The quantitative estimate of drug-likeness (QED) is 0.756. The summed E-state index contributed by atoms with van der Waals surface area (Å²) in [7, 11) is 0. The number of para-hydroxylation sites is 1. The average Bonchev–Trinajstić information content (AvgIpc) is 2.37. The maximum atomic E-state index is 12.8. The number of anilines is 1. The molecule has 0 aliphatic rings. The van der Waals surface area contributed by atoms with Crippen molar-refractivity contribution >= 4 is 11.7 Å². The van der Waals surface area contributed by atoms with Crippen LogP contribution in [-0.2, 0) is 0 Å². The van der Waals surface area contributed by atoms with Gasteiger partial charge in [-0.15, -0.1) is 0 Å². The van der Waals surface area contributed by atoms with Crippen LogP contribution in [0.25, 0.3) is 0 Å². The molecule has 0 saturated carbocycles. The summed E-state index contributed by atoms with van der Waals surface area (Å²) in [4.78, 5) is 14.7. The minimum atomic E-state index is -0.0139. The van der Waals surface area contributed by atoms with Gasteiger partial charge in [-0.25, -0.2) is 4.79 Å². The fraction of sp³-hybridized carbons (Fsp3) is 0.632. The highest BCUT2D eigenvalue weighted by Crippen LogP contribution is 2.32. The van der Waals surface area contributed by atoms with Crippen LogP contribution in [0.4, 0.5) is 10.5 Å². The van der Waals surface area contributed by atoms with Crippen molar-refractivity contribution in [1.29, 1.82) is 0 Å². The molecule has 0 atom stereocenters. The van der Waals surface area contributed by atoms with Gasteiger partial charge >= 0.3 is 6.03 Å². The Hall–Kier alpha value is -1.51. The molecule has 0 spiro atoms. The van der Waals surface area contributed by atoms with Gasteiger partial charge in [0, 0.05) is 17.8 Å². The second-order valence-corrected chi connectivity index (χ2v) is 7.15. The second-order valence-electron chi connectivity index (χ2n) is 7.15. The van der Waals surface area contributed by atoms with E-state index < -0.39 is 0 Å². The van der Waals surface area contributed by atoms with Gasteiger partial charge in [0.25, 0.3) is 0 Å². The number of nitrogens with zero attached hydrogens (tertiary/aromatic N) is 1. The monoisotopic (exact) mass is 304 g/mol. The Morgan fingerprint density at radius 3 is 1.59 bits per heavy atom. The predicted molar refractivity (Wildman–Crippen MR) is 95.7 cm³/mol. The lowest BCUT2D eigenvalue weighted by molar-refractivity contribution is 0.178. The van der Waals surface area contributed by atoms with Gasteiger partial charge < -0.3 is 10.2 Å². The van der Waals surface area contributed by atoms with Crippen LogP contribution < -0.4 is 5.32 Å². The Bertz CT molecular complexity index is 470. The molecule has 1 aromatic rings. The Kier molecular flexibility index (Phi) is 6.46. The SMILES string of the molecule is CC(C)c1cccc(C(C)C)c1NC(=O)N(C(C)C)C(C)C. The largest absolute Gasteiger partial charge is 0.322 e. The van der Waals surface area contributed by atoms with Crippen molar-refractivity contribution in [2.24, 2.45) is 0 Å². The van der Waals surface area contributed by atoms with E-state index in [0.717, 1.165) is 5.69 Å². The fourth-order valence-corrected chi connectivity index (χ4v) is 2.93. The Labute approximate surface area is 136 Å². The van der Waals surface area contributed by atoms with Crippen LogP contribution >= 0.6 is 0 Å². The predicted octanol–water partition coefficient (Wildman–Crippen LogP) is 5.58. The number of nitrogens with one attached hydrogen (secondary N) is 1. The molecule has 0 aromatic heterocycles. The van der Waals surface area contributed by atoms with E-state index in [1.54, 1.807) is 0 Å². The van der Waals surface area contributed by atoms with Crippen molar-refractivity contribution in [3.63, 3.8) is 0 Å². The number of hydrogen-bond donors (Lipinski definition) is 1. The van der Waals surface area contributed by atoms with Crippen LogP contribution in [0.5, 0.6) is 0 Å². The molecule has 1 aromatic carbocycles. The minimum Gasteiger partial charge on any atom is -0.320 e. The lowest BCUT2D eigenvalue weighted by atomic mass is 9.92. The number of carbonyl (C=O) groups excluding carboxylic acids is 1. The fourth-order valence-electron chi connectivity index (χ4n) is 2.93. The van der Waals surface area contributed by atoms with Gasteiger partial charge in [0.2, 0.25) is 0 Å². The number of carbonyl (C=O) groups is 1. The molecule has 22 heavy (non-hydrogen) atoms. The molecular formula is C19H32N2O. The molecule has 124 valence electrons. The highest BCUT2D eigenvalue weighted by molar-refractivity contribution is 5.91. The number of hydrogen-bond acceptors (Lipinski definition) is 1. The van der Waals surface area contributed by atoms with E-state index >= 15 is 0 Å². The summed E-state index contributed by atoms with van der Waals surface area (Å²) in [5, 5.41) is 3.19. The van der Waals surface area contributed by atoms with Gasteiger partial charge in [-0.3, -0.25) is 0 Å². The van der Waals surface area contributed by atoms with E-state index in [0.29, 0.717) is 11.8 Å². The summed E-state index contributed by atoms with van der Waals surface area (Å²) in [6, 6.07) is 6.65. The molecule has 1 rings (SSSR count). The first kappa shape index (κ1) is 18.5. The zero-order valence-corrected chi connectivity index (χ0v) is 15.4. The number of rotatable bonds is 5. The summed E-state index contributed by atoms with van der Waals surface area (Å²) >= 11 is 0. The third-order valence-electron chi connectivity index (χ3n) is 3.95. The molecule has 0 radical (unpaired) electrons. The number of urea groups is 1. The summed E-state index contributed by atoms with van der Waals surface area (Å²) in [6.45, 7) is 16.9. The summed E-state index contributed by atoms with van der Waals surface area (Å²) in [5.74, 6) is 0.751. The minimum absolute atomic E-state index is 0.0139. The third kappa shape index (κ3) is 4.25. The van der Waals surface area contributed by atoms with E-state index in [1.165, 1.54) is 11.1 Å². The molecule has 3 nitrogen and oxygen atoms in total. The third-order valence-corrected chi connectivity index (χ3v) is 3.95. The normalized spacial score (nSPS) is 11.6. The average molecular weight is 304 g/mol. The van der Waals surface area contributed by atoms with Crippen LogP contribution in [0, 0.1) is 0 Å². The zero-order chi connectivity index (χ0) is 17.0. The topological polar surface area (TPSA) is 32.3 Å². The van der Waals surface area contributed by atoms with Gasteiger partial charge in [0.1, 0.15) is 0 Å². The van der Waals surface area contributed by atoms with Crippen molar-refractivity contribution in [2.75, 3.05) is 5.32 Å². The van der Waals surface area contributed by atoms with Crippen LogP contribution in [0.15, 0.2) is 18.2 Å². The van der Waals surface area contributed by atoms with Crippen LogP contribution in [0.2, 0.25) is 0 Å². The van der Waals surface area contributed by atoms with E-state index in [1.807, 2.05) is 4.90 Å². The Balaban J connectivity index is 3.23. The summed E-state index contributed by atoms with van der Waals surface area (Å²) in [5.41, 5.74) is 3.39. The van der Waals surface area contributed by atoms with E-state index in [4.69, 9.17) is 0 Å². The lowest BCUT2D eigenvalue weighted by Gasteiger charge is -2.32. The molecule has 0 bridgehead atoms. The molecule has 0 saturated heterocycles. The van der Waals surface area contributed by atoms with E-state index in [-0.39, 0.29) is 18.1 Å². The molecule has 0 unspecified atom stereocenters. The molecule has 3 heteroatoms. The summed E-state index contributed by atoms with van der Waals surface area (Å²) in [6.07, 6.45) is 0. The standard InChI is InChI=1S/C19H32N2O/c1-12(2)16-10-9-11-17(13(3)4)18(16)20-19(22)21(14(5)6)15(7)8/h9-15H,1-8H3,(H,20,22). The first-order valence-corrected chi connectivity index (χ1v) is 8.38. The van der Waals surface area contributed by atoms with Crippen molar-refractivity contribution in [3.8, 4) is 0 Å². The highest BCUT2D eigenvalue weighted by atomic mass is 16.2. The van der Waals surface area contributed by atoms with Gasteiger partial charge in [0.15, 0.2) is 0 Å². The van der Waals surface area contributed by atoms with Crippen LogP contribution in [0.3, 0.4) is 0 Å². The number of amides is 2. The van der Waals surface area contributed by atoms with Crippen molar-refractivity contribution in [1.82, 2.24) is 4.90 Å². The molecule has 2 amide bonds. The zero-order valence-electron chi connectivity index (χ0n) is 15.4. The van der Waals surface area contributed by atoms with Gasteiger partial charge in [-0.1, -0.05) is 45.9 Å². The van der Waals surface area contributed by atoms with Crippen LogP contribution in [-0.4, -0.2) is 23.0 Å². The second kappa shape index (κ2) is 7.66. The lowest BCUT2D eigenvalue weighted by Crippen LogP contribution is -2.44.